The average Bonchev–Trinajstić information content (AvgIpc) is 2.29. The first kappa shape index (κ1) is 12.2. The first-order chi connectivity index (χ1) is 7.65. The molecule has 0 aliphatic carbocycles. The molecule has 1 unspecified atom stereocenters. The third-order valence-corrected chi connectivity index (χ3v) is 1.97. The fourth-order valence-electron chi connectivity index (χ4n) is 1.03. The van der Waals surface area contributed by atoms with Crippen molar-refractivity contribution in [3.05, 3.63) is 22.5 Å². The Morgan fingerprint density at radius 3 is 2.88 bits per heavy atom. The Bertz CT molecular complexity index is 379. The fraction of sp³-hybridized carbons (Fsp3) is 0.444. The number of H-pyrrole nitrogens is 1. The Morgan fingerprint density at radius 2 is 2.38 bits per heavy atom. The number of aliphatic hydroxyl groups excluding tert-OH is 1. The molecule has 0 aromatic carbocycles. The van der Waals surface area contributed by atoms with E-state index in [1.54, 1.807) is 0 Å². The molecule has 0 fully saturated rings. The van der Waals surface area contributed by atoms with Gasteiger partial charge in [0.2, 0.25) is 0 Å². The van der Waals surface area contributed by atoms with Gasteiger partial charge in [-0.25, -0.2) is 9.89 Å². The first-order valence-corrected chi connectivity index (χ1v) is 4.89. The third kappa shape index (κ3) is 3.70. The quantitative estimate of drug-likeness (QED) is 0.563. The van der Waals surface area contributed by atoms with E-state index in [9.17, 15) is 9.59 Å². The number of hydrogen-bond acceptors (Lipinski definition) is 4. The van der Waals surface area contributed by atoms with Crippen molar-refractivity contribution in [2.45, 2.75) is 19.4 Å². The highest BCUT2D eigenvalue weighted by atomic mass is 16.3. The molecule has 16 heavy (non-hydrogen) atoms. The van der Waals surface area contributed by atoms with E-state index in [1.165, 1.54) is 12.1 Å². The van der Waals surface area contributed by atoms with Crippen LogP contribution in [0.2, 0.25) is 0 Å². The van der Waals surface area contributed by atoms with Crippen molar-refractivity contribution in [2.24, 2.45) is 0 Å². The lowest BCUT2D eigenvalue weighted by Gasteiger charge is -2.13. The highest BCUT2D eigenvalue weighted by molar-refractivity contribution is 5.88. The summed E-state index contributed by atoms with van der Waals surface area (Å²) < 4.78 is 0. The minimum absolute atomic E-state index is 0.122. The molecule has 1 aromatic rings. The maximum absolute atomic E-state index is 11.4. The Kier molecular flexibility index (Phi) is 4.46. The Morgan fingerprint density at radius 1 is 1.62 bits per heavy atom. The van der Waals surface area contributed by atoms with E-state index in [0.29, 0.717) is 6.42 Å². The maximum Gasteiger partial charge on any atom is 0.320 e. The summed E-state index contributed by atoms with van der Waals surface area (Å²) in [6.07, 6.45) is 0.628. The van der Waals surface area contributed by atoms with Gasteiger partial charge in [0.05, 0.1) is 12.6 Å². The van der Waals surface area contributed by atoms with Gasteiger partial charge in [0.15, 0.2) is 5.82 Å². The second-order valence-corrected chi connectivity index (χ2v) is 3.19. The van der Waals surface area contributed by atoms with E-state index in [-0.39, 0.29) is 24.0 Å². The highest BCUT2D eigenvalue weighted by Crippen LogP contribution is 1.96. The minimum atomic E-state index is -0.472. The number of aromatic nitrogens is 2. The number of hydrogen-bond donors (Lipinski definition) is 4. The van der Waals surface area contributed by atoms with Gasteiger partial charge in [0.25, 0.3) is 5.56 Å². The molecule has 0 aliphatic rings. The average molecular weight is 226 g/mol. The molecule has 1 aromatic heterocycles. The highest BCUT2D eigenvalue weighted by Gasteiger charge is 2.09. The minimum Gasteiger partial charge on any atom is -0.394 e. The van der Waals surface area contributed by atoms with E-state index in [2.05, 4.69) is 20.8 Å². The lowest BCUT2D eigenvalue weighted by Crippen LogP contribution is -2.40. The largest absolute Gasteiger partial charge is 0.394 e. The number of anilines is 1. The summed E-state index contributed by atoms with van der Waals surface area (Å²) >= 11 is 0. The molecule has 0 aliphatic heterocycles. The van der Waals surface area contributed by atoms with E-state index in [4.69, 9.17) is 5.11 Å². The molecule has 0 spiro atoms. The van der Waals surface area contributed by atoms with E-state index in [1.807, 2.05) is 6.92 Å². The van der Waals surface area contributed by atoms with Crippen molar-refractivity contribution >= 4 is 11.8 Å². The first-order valence-electron chi connectivity index (χ1n) is 4.89. The number of urea groups is 1. The number of nitrogens with one attached hydrogen (secondary N) is 3. The van der Waals surface area contributed by atoms with Crippen molar-refractivity contribution in [2.75, 3.05) is 11.9 Å². The SMILES string of the molecule is CCC(CO)NC(=O)Nc1ccc(=O)[nH]n1. The van der Waals surface area contributed by atoms with Gasteiger partial charge < -0.3 is 10.4 Å². The molecular formula is C9H14N4O3. The molecule has 7 heteroatoms. The molecule has 2 amide bonds. The van der Waals surface area contributed by atoms with E-state index < -0.39 is 6.03 Å². The van der Waals surface area contributed by atoms with Gasteiger partial charge in [-0.1, -0.05) is 6.92 Å². The maximum atomic E-state index is 11.4. The summed E-state index contributed by atoms with van der Waals surface area (Å²) in [4.78, 5) is 22.1. The number of carbonyl (C=O) groups is 1. The molecule has 0 saturated carbocycles. The van der Waals surface area contributed by atoms with Gasteiger partial charge in [-0.3, -0.25) is 10.1 Å². The van der Waals surface area contributed by atoms with E-state index >= 15 is 0 Å². The van der Waals surface area contributed by atoms with Crippen LogP contribution in [0.25, 0.3) is 0 Å². The van der Waals surface area contributed by atoms with Crippen LogP contribution in [0.15, 0.2) is 16.9 Å². The molecule has 0 bridgehead atoms. The predicted molar refractivity (Wildman–Crippen MR) is 58.2 cm³/mol. The summed E-state index contributed by atoms with van der Waals surface area (Å²) in [5.41, 5.74) is -0.340. The van der Waals surface area contributed by atoms with Crippen LogP contribution < -0.4 is 16.2 Å². The van der Waals surface area contributed by atoms with Gasteiger partial charge in [-0.2, -0.15) is 5.10 Å². The fourth-order valence-corrected chi connectivity index (χ4v) is 1.03. The van der Waals surface area contributed by atoms with Crippen LogP contribution in [0, 0.1) is 0 Å². The van der Waals surface area contributed by atoms with Crippen molar-refractivity contribution in [3.63, 3.8) is 0 Å². The van der Waals surface area contributed by atoms with Crippen LogP contribution in [0.3, 0.4) is 0 Å². The van der Waals surface area contributed by atoms with Gasteiger partial charge in [0.1, 0.15) is 0 Å². The number of nitrogens with zero attached hydrogens (tertiary/aromatic N) is 1. The molecule has 1 rings (SSSR count). The van der Waals surface area contributed by atoms with Crippen LogP contribution in [0.1, 0.15) is 13.3 Å². The van der Waals surface area contributed by atoms with Crippen LogP contribution in [0.5, 0.6) is 0 Å². The van der Waals surface area contributed by atoms with Gasteiger partial charge in [-0.15, -0.1) is 0 Å². The predicted octanol–water partition coefficient (Wildman–Crippen LogP) is -0.338. The number of rotatable bonds is 4. The van der Waals surface area contributed by atoms with Crippen molar-refractivity contribution < 1.29 is 9.90 Å². The zero-order chi connectivity index (χ0) is 12.0. The summed E-state index contributed by atoms with van der Waals surface area (Å²) in [5.74, 6) is 0.241. The molecule has 0 radical (unpaired) electrons. The van der Waals surface area contributed by atoms with Crippen molar-refractivity contribution in [1.82, 2.24) is 15.5 Å². The number of amides is 2. The zero-order valence-corrected chi connectivity index (χ0v) is 8.86. The normalized spacial score (nSPS) is 11.9. The Hall–Kier alpha value is -1.89. The molecular weight excluding hydrogens is 212 g/mol. The van der Waals surface area contributed by atoms with Crippen molar-refractivity contribution in [1.29, 1.82) is 0 Å². The molecule has 4 N–H and O–H groups in total. The van der Waals surface area contributed by atoms with Gasteiger partial charge in [0, 0.05) is 6.07 Å². The summed E-state index contributed by atoms with van der Waals surface area (Å²) in [5, 5.41) is 19.6. The second-order valence-electron chi connectivity index (χ2n) is 3.19. The summed E-state index contributed by atoms with van der Waals surface area (Å²) in [6.45, 7) is 1.72. The summed E-state index contributed by atoms with van der Waals surface area (Å²) in [6, 6.07) is 1.88. The molecule has 0 saturated heterocycles. The van der Waals surface area contributed by atoms with Crippen LogP contribution in [-0.4, -0.2) is 34.0 Å². The topological polar surface area (TPSA) is 107 Å². The van der Waals surface area contributed by atoms with E-state index in [0.717, 1.165) is 0 Å². The molecule has 1 atom stereocenters. The second kappa shape index (κ2) is 5.86. The number of aliphatic hydroxyl groups is 1. The standard InChI is InChI=1S/C9H14N4O3/c1-2-6(5-14)10-9(16)11-7-3-4-8(15)13-12-7/h3-4,6,14H,2,5H2,1H3,(H,13,15)(H2,10,11,12,16). The molecule has 1 heterocycles. The molecule has 88 valence electrons. The number of aromatic amines is 1. The lowest BCUT2D eigenvalue weighted by atomic mass is 10.2. The number of carbonyl (C=O) groups excluding carboxylic acids is 1. The zero-order valence-electron chi connectivity index (χ0n) is 8.86. The lowest BCUT2D eigenvalue weighted by molar-refractivity contribution is 0.222. The Labute approximate surface area is 91.9 Å². The van der Waals surface area contributed by atoms with Crippen molar-refractivity contribution in [3.8, 4) is 0 Å². The summed E-state index contributed by atoms with van der Waals surface area (Å²) in [7, 11) is 0. The third-order valence-electron chi connectivity index (χ3n) is 1.97. The van der Waals surface area contributed by atoms with Crippen LogP contribution in [0.4, 0.5) is 10.6 Å². The smallest absolute Gasteiger partial charge is 0.320 e. The van der Waals surface area contributed by atoms with Gasteiger partial charge >= 0.3 is 6.03 Å². The van der Waals surface area contributed by atoms with Crippen LogP contribution in [-0.2, 0) is 0 Å². The Balaban J connectivity index is 2.51. The molecule has 7 nitrogen and oxygen atoms in total. The van der Waals surface area contributed by atoms with Gasteiger partial charge in [-0.05, 0) is 12.5 Å². The van der Waals surface area contributed by atoms with Crippen LogP contribution >= 0.6 is 0 Å². The monoisotopic (exact) mass is 226 g/mol.